The molecule has 0 spiro atoms. The first-order chi connectivity index (χ1) is 8.76. The number of ether oxygens (including phenoxy) is 1. The molecule has 0 atom stereocenters. The van der Waals surface area contributed by atoms with Crippen LogP contribution in [-0.4, -0.2) is 25.4 Å². The second-order valence-corrected chi connectivity index (χ2v) is 4.58. The van der Waals surface area contributed by atoms with Crippen molar-refractivity contribution in [2.24, 2.45) is 0 Å². The van der Waals surface area contributed by atoms with Crippen LogP contribution in [0.4, 0.5) is 5.69 Å². The predicted octanol–water partition coefficient (Wildman–Crippen LogP) is 2.96. The van der Waals surface area contributed by atoms with Crippen molar-refractivity contribution < 1.29 is 4.74 Å². The van der Waals surface area contributed by atoms with Gasteiger partial charge in [-0.15, -0.1) is 0 Å². The molecule has 0 fully saturated rings. The standard InChI is InChI=1S/C14H22N2OS/c1-3-5-12-6-8-13(9-7-12)16-14(18)15-10-4-11-17-2/h6-9H,3-5,10-11H2,1-2H3,(H2,15,16,18). The van der Waals surface area contributed by atoms with E-state index in [1.807, 2.05) is 0 Å². The molecule has 0 unspecified atom stereocenters. The Morgan fingerprint density at radius 3 is 2.61 bits per heavy atom. The Hall–Kier alpha value is -1.13. The lowest BCUT2D eigenvalue weighted by Gasteiger charge is -2.10. The molecule has 0 aliphatic carbocycles. The fourth-order valence-electron chi connectivity index (χ4n) is 1.64. The van der Waals surface area contributed by atoms with Crippen LogP contribution < -0.4 is 10.6 Å². The molecule has 1 aromatic carbocycles. The van der Waals surface area contributed by atoms with Crippen molar-refractivity contribution in [1.82, 2.24) is 5.32 Å². The number of methoxy groups -OCH3 is 1. The van der Waals surface area contributed by atoms with E-state index in [2.05, 4.69) is 41.8 Å². The summed E-state index contributed by atoms with van der Waals surface area (Å²) in [7, 11) is 1.70. The highest BCUT2D eigenvalue weighted by Gasteiger charge is 1.97. The summed E-state index contributed by atoms with van der Waals surface area (Å²) in [5.41, 5.74) is 2.39. The number of thiocarbonyl (C=S) groups is 1. The van der Waals surface area contributed by atoms with Gasteiger partial charge in [0.05, 0.1) is 0 Å². The summed E-state index contributed by atoms with van der Waals surface area (Å²) in [6.07, 6.45) is 3.25. The van der Waals surface area contributed by atoms with E-state index >= 15 is 0 Å². The van der Waals surface area contributed by atoms with Crippen LogP contribution in [0.1, 0.15) is 25.3 Å². The summed E-state index contributed by atoms with van der Waals surface area (Å²) in [4.78, 5) is 0. The Morgan fingerprint density at radius 1 is 1.28 bits per heavy atom. The average Bonchev–Trinajstić information content (AvgIpc) is 2.37. The summed E-state index contributed by atoms with van der Waals surface area (Å²) in [5, 5.41) is 6.98. The van der Waals surface area contributed by atoms with E-state index in [4.69, 9.17) is 17.0 Å². The topological polar surface area (TPSA) is 33.3 Å². The third-order valence-corrected chi connectivity index (χ3v) is 2.81. The van der Waals surface area contributed by atoms with Gasteiger partial charge in [0.1, 0.15) is 0 Å². The molecular formula is C14H22N2OS. The number of hydrogen-bond donors (Lipinski definition) is 2. The van der Waals surface area contributed by atoms with E-state index in [9.17, 15) is 0 Å². The molecule has 1 rings (SSSR count). The van der Waals surface area contributed by atoms with Crippen molar-refractivity contribution in [3.63, 3.8) is 0 Å². The largest absolute Gasteiger partial charge is 0.385 e. The molecule has 0 aliphatic heterocycles. The second-order valence-electron chi connectivity index (χ2n) is 4.17. The molecule has 18 heavy (non-hydrogen) atoms. The first-order valence-electron chi connectivity index (χ1n) is 6.39. The van der Waals surface area contributed by atoms with Gasteiger partial charge in [0.15, 0.2) is 5.11 Å². The van der Waals surface area contributed by atoms with Crippen molar-refractivity contribution in [2.75, 3.05) is 25.6 Å². The zero-order valence-corrected chi connectivity index (χ0v) is 12.0. The molecule has 0 bridgehead atoms. The smallest absolute Gasteiger partial charge is 0.170 e. The second kappa shape index (κ2) is 8.89. The van der Waals surface area contributed by atoms with Gasteiger partial charge in [-0.2, -0.15) is 0 Å². The lowest BCUT2D eigenvalue weighted by atomic mass is 10.1. The maximum Gasteiger partial charge on any atom is 0.170 e. The maximum atomic E-state index is 5.21. The molecule has 100 valence electrons. The SMILES string of the molecule is CCCc1ccc(NC(=S)NCCCOC)cc1. The first-order valence-corrected chi connectivity index (χ1v) is 6.79. The van der Waals surface area contributed by atoms with Crippen molar-refractivity contribution >= 4 is 23.0 Å². The van der Waals surface area contributed by atoms with Crippen LogP contribution in [0.2, 0.25) is 0 Å². The van der Waals surface area contributed by atoms with Gasteiger partial charge in [0.2, 0.25) is 0 Å². The van der Waals surface area contributed by atoms with E-state index in [0.717, 1.165) is 31.7 Å². The molecule has 0 aliphatic rings. The molecule has 1 aromatic rings. The van der Waals surface area contributed by atoms with Crippen molar-refractivity contribution in [3.05, 3.63) is 29.8 Å². The third kappa shape index (κ3) is 5.98. The Balaban J connectivity index is 2.30. The molecule has 3 nitrogen and oxygen atoms in total. The van der Waals surface area contributed by atoms with E-state index in [1.54, 1.807) is 7.11 Å². The number of benzene rings is 1. The van der Waals surface area contributed by atoms with E-state index in [0.29, 0.717) is 5.11 Å². The van der Waals surface area contributed by atoms with E-state index < -0.39 is 0 Å². The lowest BCUT2D eigenvalue weighted by Crippen LogP contribution is -2.29. The third-order valence-electron chi connectivity index (χ3n) is 2.56. The molecule has 0 saturated heterocycles. The lowest BCUT2D eigenvalue weighted by molar-refractivity contribution is 0.196. The van der Waals surface area contributed by atoms with Crippen LogP contribution in [0.25, 0.3) is 0 Å². The van der Waals surface area contributed by atoms with Gasteiger partial charge in [-0.05, 0) is 42.8 Å². The van der Waals surface area contributed by atoms with Crippen LogP contribution in [0.3, 0.4) is 0 Å². The Morgan fingerprint density at radius 2 is 2.00 bits per heavy atom. The zero-order chi connectivity index (χ0) is 13.2. The normalized spacial score (nSPS) is 10.1. The summed E-state index contributed by atoms with van der Waals surface area (Å²) < 4.78 is 4.97. The Bertz CT molecular complexity index is 351. The van der Waals surface area contributed by atoms with Crippen molar-refractivity contribution in [2.45, 2.75) is 26.2 Å². The van der Waals surface area contributed by atoms with Crippen LogP contribution in [-0.2, 0) is 11.2 Å². The summed E-state index contributed by atoms with van der Waals surface area (Å²) in [6.45, 7) is 3.76. The van der Waals surface area contributed by atoms with Gasteiger partial charge in [0, 0.05) is 25.9 Å². The summed E-state index contributed by atoms with van der Waals surface area (Å²) >= 11 is 5.21. The van der Waals surface area contributed by atoms with Gasteiger partial charge < -0.3 is 15.4 Å². The number of aryl methyl sites for hydroxylation is 1. The van der Waals surface area contributed by atoms with Crippen molar-refractivity contribution in [1.29, 1.82) is 0 Å². The molecular weight excluding hydrogens is 244 g/mol. The molecule has 0 heterocycles. The quantitative estimate of drug-likeness (QED) is 0.587. The van der Waals surface area contributed by atoms with E-state index in [1.165, 1.54) is 12.0 Å². The zero-order valence-electron chi connectivity index (χ0n) is 11.2. The molecule has 2 N–H and O–H groups in total. The van der Waals surface area contributed by atoms with Gasteiger partial charge in [0.25, 0.3) is 0 Å². The first kappa shape index (κ1) is 14.9. The minimum atomic E-state index is 0.661. The average molecular weight is 266 g/mol. The van der Waals surface area contributed by atoms with Gasteiger partial charge in [-0.3, -0.25) is 0 Å². The summed E-state index contributed by atoms with van der Waals surface area (Å²) in [5.74, 6) is 0. The van der Waals surface area contributed by atoms with Gasteiger partial charge in [-0.25, -0.2) is 0 Å². The van der Waals surface area contributed by atoms with Crippen LogP contribution in [0.5, 0.6) is 0 Å². The molecule has 0 radical (unpaired) electrons. The molecule has 0 aromatic heterocycles. The highest BCUT2D eigenvalue weighted by Crippen LogP contribution is 2.10. The van der Waals surface area contributed by atoms with Gasteiger partial charge in [-0.1, -0.05) is 25.5 Å². The number of nitrogens with one attached hydrogen (secondary N) is 2. The minimum absolute atomic E-state index is 0.661. The predicted molar refractivity (Wildman–Crippen MR) is 81.2 cm³/mol. The van der Waals surface area contributed by atoms with Crippen LogP contribution in [0, 0.1) is 0 Å². The van der Waals surface area contributed by atoms with Gasteiger partial charge >= 0.3 is 0 Å². The van der Waals surface area contributed by atoms with Crippen molar-refractivity contribution in [3.8, 4) is 0 Å². The van der Waals surface area contributed by atoms with Crippen LogP contribution >= 0.6 is 12.2 Å². The monoisotopic (exact) mass is 266 g/mol. The highest BCUT2D eigenvalue weighted by molar-refractivity contribution is 7.80. The maximum absolute atomic E-state index is 5.21. The van der Waals surface area contributed by atoms with E-state index in [-0.39, 0.29) is 0 Å². The minimum Gasteiger partial charge on any atom is -0.385 e. The van der Waals surface area contributed by atoms with Crippen LogP contribution in [0.15, 0.2) is 24.3 Å². The fourth-order valence-corrected chi connectivity index (χ4v) is 1.86. The fraction of sp³-hybridized carbons (Fsp3) is 0.500. The molecule has 0 amide bonds. The Labute approximate surface area is 115 Å². The number of rotatable bonds is 7. The Kier molecular flexibility index (Phi) is 7.37. The number of anilines is 1. The molecule has 0 saturated carbocycles. The molecule has 4 heteroatoms. The number of hydrogen-bond acceptors (Lipinski definition) is 2. The summed E-state index contributed by atoms with van der Waals surface area (Å²) in [6, 6.07) is 8.40. The highest BCUT2D eigenvalue weighted by atomic mass is 32.1.